The molecule has 1 atom stereocenters. The zero-order chi connectivity index (χ0) is 6.57. The van der Waals surface area contributed by atoms with Crippen molar-refractivity contribution in [2.24, 2.45) is 0 Å². The highest BCUT2D eigenvalue weighted by Gasteiger charge is 2.03. The van der Waals surface area contributed by atoms with Gasteiger partial charge in [-0.05, 0) is 0 Å². The molecule has 8 heavy (non-hydrogen) atoms. The second-order valence-electron chi connectivity index (χ2n) is 0.804. The quantitative estimate of drug-likeness (QED) is 0.314. The Kier molecular flexibility index (Phi) is 3.33. The SMILES string of the molecule is CON(C=O)S(=O)O. The van der Waals surface area contributed by atoms with Crippen LogP contribution in [0.15, 0.2) is 0 Å². The molecule has 0 aliphatic heterocycles. The van der Waals surface area contributed by atoms with E-state index < -0.39 is 11.3 Å². The molecule has 1 N–H and O–H groups in total. The molecular weight excluding hydrogens is 134 g/mol. The maximum absolute atomic E-state index is 9.84. The summed E-state index contributed by atoms with van der Waals surface area (Å²) in [4.78, 5) is 13.7. The normalized spacial score (nSPS) is 12.8. The Morgan fingerprint density at radius 1 is 1.88 bits per heavy atom. The first-order valence-electron chi connectivity index (χ1n) is 1.62. The molecule has 0 radical (unpaired) electrons. The maximum atomic E-state index is 9.84. The van der Waals surface area contributed by atoms with Gasteiger partial charge in [0.2, 0.25) is 6.41 Å². The van der Waals surface area contributed by atoms with Crippen LogP contribution in [0.5, 0.6) is 0 Å². The molecule has 0 saturated carbocycles. The third-order valence-electron chi connectivity index (χ3n) is 0.420. The van der Waals surface area contributed by atoms with Crippen LogP contribution in [0.4, 0.5) is 0 Å². The summed E-state index contributed by atoms with van der Waals surface area (Å²) in [6.07, 6.45) is 0.107. The van der Waals surface area contributed by atoms with Gasteiger partial charge in [0.05, 0.1) is 7.11 Å². The number of amides is 1. The molecule has 0 aliphatic rings. The monoisotopic (exact) mass is 139 g/mol. The van der Waals surface area contributed by atoms with Crippen molar-refractivity contribution in [2.45, 2.75) is 0 Å². The second kappa shape index (κ2) is 3.53. The first-order chi connectivity index (χ1) is 3.72. The molecule has 0 rings (SSSR count). The van der Waals surface area contributed by atoms with Crippen molar-refractivity contribution >= 4 is 17.7 Å². The number of carbonyl (C=O) groups is 1. The van der Waals surface area contributed by atoms with Gasteiger partial charge in [-0.15, -0.1) is 4.47 Å². The molecule has 5 nitrogen and oxygen atoms in total. The van der Waals surface area contributed by atoms with E-state index in [0.29, 0.717) is 0 Å². The van der Waals surface area contributed by atoms with Gasteiger partial charge in [-0.2, -0.15) is 0 Å². The molecule has 0 aromatic carbocycles. The first-order valence-corrected chi connectivity index (χ1v) is 2.68. The highest BCUT2D eigenvalue weighted by Crippen LogP contribution is 1.83. The van der Waals surface area contributed by atoms with Crippen LogP contribution in [0, 0.1) is 0 Å². The smallest absolute Gasteiger partial charge is 0.288 e. The summed E-state index contributed by atoms with van der Waals surface area (Å²) in [7, 11) is 1.11. The van der Waals surface area contributed by atoms with Gasteiger partial charge in [0, 0.05) is 0 Å². The minimum Gasteiger partial charge on any atom is -0.288 e. The molecule has 0 aliphatic carbocycles. The van der Waals surface area contributed by atoms with E-state index in [-0.39, 0.29) is 10.9 Å². The fourth-order valence-electron chi connectivity index (χ4n) is 0.144. The topological polar surface area (TPSA) is 66.8 Å². The van der Waals surface area contributed by atoms with Crippen LogP contribution in [-0.4, -0.2) is 26.8 Å². The number of rotatable bonds is 3. The molecule has 0 spiro atoms. The predicted octanol–water partition coefficient (Wildman–Crippen LogP) is -0.857. The van der Waals surface area contributed by atoms with E-state index in [9.17, 15) is 9.00 Å². The zero-order valence-corrected chi connectivity index (χ0v) is 4.92. The fourth-order valence-corrected chi connectivity index (χ4v) is 0.345. The van der Waals surface area contributed by atoms with Crippen molar-refractivity contribution in [2.75, 3.05) is 7.11 Å². The predicted molar refractivity (Wildman–Crippen MR) is 25.7 cm³/mol. The Labute approximate surface area is 48.6 Å². The Morgan fingerprint density at radius 3 is 2.38 bits per heavy atom. The van der Waals surface area contributed by atoms with E-state index in [1.54, 1.807) is 0 Å². The third-order valence-corrected chi connectivity index (χ3v) is 0.963. The summed E-state index contributed by atoms with van der Waals surface area (Å²) >= 11 is -2.36. The van der Waals surface area contributed by atoms with E-state index in [0.717, 1.165) is 7.11 Å². The zero-order valence-electron chi connectivity index (χ0n) is 4.10. The summed E-state index contributed by atoms with van der Waals surface area (Å²) in [5.41, 5.74) is 0. The summed E-state index contributed by atoms with van der Waals surface area (Å²) in [6.45, 7) is 0. The highest BCUT2D eigenvalue weighted by atomic mass is 32.2. The van der Waals surface area contributed by atoms with Crippen molar-refractivity contribution in [3.05, 3.63) is 0 Å². The van der Waals surface area contributed by atoms with Crippen molar-refractivity contribution in [3.8, 4) is 0 Å². The number of nitrogens with zero attached hydrogens (tertiary/aromatic N) is 1. The number of hydrogen-bond donors (Lipinski definition) is 1. The molecule has 0 saturated heterocycles. The lowest BCUT2D eigenvalue weighted by Crippen LogP contribution is -2.21. The van der Waals surface area contributed by atoms with E-state index in [1.807, 2.05) is 0 Å². The molecule has 0 fully saturated rings. The number of hydrogen-bond acceptors (Lipinski definition) is 3. The van der Waals surface area contributed by atoms with Crippen LogP contribution in [0.2, 0.25) is 0 Å². The van der Waals surface area contributed by atoms with Gasteiger partial charge in [0.25, 0.3) is 11.3 Å². The Balaban J connectivity index is 3.69. The highest BCUT2D eigenvalue weighted by molar-refractivity contribution is 7.77. The van der Waals surface area contributed by atoms with Crippen LogP contribution in [0.25, 0.3) is 0 Å². The molecule has 48 valence electrons. The lowest BCUT2D eigenvalue weighted by Gasteiger charge is -2.04. The number of hydroxylamine groups is 1. The van der Waals surface area contributed by atoms with Gasteiger partial charge in [-0.1, -0.05) is 0 Å². The lowest BCUT2D eigenvalue weighted by atomic mass is 11.4. The summed E-state index contributed by atoms with van der Waals surface area (Å²) in [6, 6.07) is 0. The maximum Gasteiger partial charge on any atom is 0.289 e. The summed E-state index contributed by atoms with van der Waals surface area (Å²) in [5.74, 6) is 0. The summed E-state index contributed by atoms with van der Waals surface area (Å²) < 4.78 is 18.2. The van der Waals surface area contributed by atoms with Crippen LogP contribution >= 0.6 is 0 Å². The van der Waals surface area contributed by atoms with Crippen molar-refractivity contribution in [1.29, 1.82) is 0 Å². The second-order valence-corrected chi connectivity index (χ2v) is 1.63. The standard InChI is InChI=1S/C2H5NO4S/c1-7-3(2-4)8(5)6/h2H,1H3,(H,5,6). The number of carbonyl (C=O) groups excluding carboxylic acids is 1. The van der Waals surface area contributed by atoms with Gasteiger partial charge >= 0.3 is 0 Å². The molecule has 0 heterocycles. The van der Waals surface area contributed by atoms with E-state index in [4.69, 9.17) is 4.55 Å². The van der Waals surface area contributed by atoms with Gasteiger partial charge in [0.1, 0.15) is 0 Å². The van der Waals surface area contributed by atoms with Crippen molar-refractivity contribution in [3.63, 3.8) is 0 Å². The van der Waals surface area contributed by atoms with E-state index in [2.05, 4.69) is 4.84 Å². The van der Waals surface area contributed by atoms with Crippen molar-refractivity contribution < 1.29 is 18.4 Å². The molecule has 1 unspecified atom stereocenters. The molecule has 0 bridgehead atoms. The van der Waals surface area contributed by atoms with Crippen molar-refractivity contribution in [1.82, 2.24) is 4.47 Å². The summed E-state index contributed by atoms with van der Waals surface area (Å²) in [5, 5.41) is 0. The Bertz CT molecular complexity index is 104. The van der Waals surface area contributed by atoms with E-state index in [1.165, 1.54) is 0 Å². The van der Waals surface area contributed by atoms with Crippen LogP contribution in [-0.2, 0) is 20.9 Å². The molecule has 1 amide bonds. The molecule has 0 aromatic rings. The van der Waals surface area contributed by atoms with Crippen LogP contribution < -0.4 is 0 Å². The third kappa shape index (κ3) is 2.01. The average molecular weight is 139 g/mol. The van der Waals surface area contributed by atoms with Gasteiger partial charge in [-0.3, -0.25) is 14.2 Å². The minimum atomic E-state index is -2.36. The Morgan fingerprint density at radius 2 is 2.38 bits per heavy atom. The van der Waals surface area contributed by atoms with Gasteiger partial charge in [-0.25, -0.2) is 4.21 Å². The van der Waals surface area contributed by atoms with Crippen LogP contribution in [0.1, 0.15) is 0 Å². The van der Waals surface area contributed by atoms with E-state index >= 15 is 0 Å². The average Bonchev–Trinajstić information content (AvgIpc) is 1.69. The minimum absolute atomic E-state index is 0.107. The van der Waals surface area contributed by atoms with Gasteiger partial charge < -0.3 is 0 Å². The largest absolute Gasteiger partial charge is 0.289 e. The molecular formula is C2H5NO4S. The molecule has 6 heteroatoms. The van der Waals surface area contributed by atoms with Crippen LogP contribution in [0.3, 0.4) is 0 Å². The van der Waals surface area contributed by atoms with Gasteiger partial charge in [0.15, 0.2) is 0 Å². The fraction of sp³-hybridized carbons (Fsp3) is 0.500. The lowest BCUT2D eigenvalue weighted by molar-refractivity contribution is -0.137. The Hall–Kier alpha value is -0.460. The first kappa shape index (κ1) is 7.54. The molecule has 0 aromatic heterocycles.